The lowest BCUT2D eigenvalue weighted by Gasteiger charge is -2.15. The second-order valence-electron chi connectivity index (χ2n) is 4.04. The first-order valence-corrected chi connectivity index (χ1v) is 7.04. The summed E-state index contributed by atoms with van der Waals surface area (Å²) in [4.78, 5) is 11.4. The average molecular weight is 257 g/mol. The van der Waals surface area contributed by atoms with Gasteiger partial charge in [-0.1, -0.05) is 12.1 Å². The number of carbonyl (C=O) groups is 1. The SMILES string of the molecule is O=C1CCS(=O)(=O)CC(c2cccc(F)c2)N1. The Morgan fingerprint density at radius 2 is 2.12 bits per heavy atom. The Balaban J connectivity index is 2.33. The van der Waals surface area contributed by atoms with Crippen LogP contribution in [0.25, 0.3) is 0 Å². The van der Waals surface area contributed by atoms with Crippen LogP contribution < -0.4 is 5.32 Å². The van der Waals surface area contributed by atoms with Crippen molar-refractivity contribution >= 4 is 15.7 Å². The number of benzene rings is 1. The molecule has 1 aliphatic rings. The highest BCUT2D eigenvalue weighted by Crippen LogP contribution is 2.19. The van der Waals surface area contributed by atoms with Crippen molar-refractivity contribution in [3.63, 3.8) is 0 Å². The number of hydrogen-bond donors (Lipinski definition) is 1. The molecule has 1 N–H and O–H groups in total. The van der Waals surface area contributed by atoms with Crippen molar-refractivity contribution < 1.29 is 17.6 Å². The van der Waals surface area contributed by atoms with Crippen LogP contribution in [0.1, 0.15) is 18.0 Å². The summed E-state index contributed by atoms with van der Waals surface area (Å²) in [6, 6.07) is 4.96. The van der Waals surface area contributed by atoms with Crippen LogP contribution in [0.15, 0.2) is 24.3 Å². The molecule has 1 fully saturated rings. The Hall–Kier alpha value is -1.43. The van der Waals surface area contributed by atoms with Crippen LogP contribution in [0.3, 0.4) is 0 Å². The first-order valence-electron chi connectivity index (χ1n) is 5.21. The van der Waals surface area contributed by atoms with Crippen LogP contribution in [0.4, 0.5) is 4.39 Å². The molecule has 0 aromatic heterocycles. The lowest BCUT2D eigenvalue weighted by Crippen LogP contribution is -2.29. The third-order valence-electron chi connectivity index (χ3n) is 2.65. The highest BCUT2D eigenvalue weighted by Gasteiger charge is 2.27. The summed E-state index contributed by atoms with van der Waals surface area (Å²) in [6.07, 6.45) is -0.0336. The number of amides is 1. The standard InChI is InChI=1S/C11H12FNO3S/c12-9-3-1-2-8(6-9)10-7-17(15,16)5-4-11(14)13-10/h1-3,6,10H,4-5,7H2,(H,13,14). The van der Waals surface area contributed by atoms with E-state index in [2.05, 4.69) is 5.32 Å². The monoisotopic (exact) mass is 257 g/mol. The molecule has 1 aromatic carbocycles. The molecule has 0 bridgehead atoms. The van der Waals surface area contributed by atoms with Gasteiger partial charge in [-0.05, 0) is 17.7 Å². The number of nitrogens with one attached hydrogen (secondary N) is 1. The quantitative estimate of drug-likeness (QED) is 0.809. The summed E-state index contributed by atoms with van der Waals surface area (Å²) in [5.74, 6) is -1.09. The molecule has 1 atom stereocenters. The van der Waals surface area contributed by atoms with Gasteiger partial charge in [-0.25, -0.2) is 12.8 Å². The van der Waals surface area contributed by atoms with Crippen molar-refractivity contribution in [3.05, 3.63) is 35.6 Å². The van der Waals surface area contributed by atoms with Gasteiger partial charge in [-0.3, -0.25) is 4.79 Å². The zero-order valence-corrected chi connectivity index (χ0v) is 9.84. The number of carbonyl (C=O) groups excluding carboxylic acids is 1. The maximum absolute atomic E-state index is 13.1. The van der Waals surface area contributed by atoms with E-state index in [0.29, 0.717) is 5.56 Å². The predicted octanol–water partition coefficient (Wildman–Crippen LogP) is 0.802. The molecule has 1 heterocycles. The molecule has 92 valence electrons. The van der Waals surface area contributed by atoms with Crippen molar-refractivity contribution in [1.82, 2.24) is 5.32 Å². The summed E-state index contributed by atoms with van der Waals surface area (Å²) >= 11 is 0. The maximum atomic E-state index is 13.1. The van der Waals surface area contributed by atoms with E-state index in [9.17, 15) is 17.6 Å². The summed E-state index contributed by atoms with van der Waals surface area (Å²) in [5.41, 5.74) is 0.476. The Morgan fingerprint density at radius 1 is 1.35 bits per heavy atom. The van der Waals surface area contributed by atoms with Gasteiger partial charge in [0.2, 0.25) is 5.91 Å². The van der Waals surface area contributed by atoms with Gasteiger partial charge in [0, 0.05) is 6.42 Å². The summed E-state index contributed by atoms with van der Waals surface area (Å²) in [6.45, 7) is 0. The molecule has 2 rings (SSSR count). The fourth-order valence-electron chi connectivity index (χ4n) is 1.80. The van der Waals surface area contributed by atoms with E-state index in [1.165, 1.54) is 18.2 Å². The molecule has 0 radical (unpaired) electrons. The number of hydrogen-bond acceptors (Lipinski definition) is 3. The highest BCUT2D eigenvalue weighted by molar-refractivity contribution is 7.91. The minimum absolute atomic E-state index is 0.0336. The van der Waals surface area contributed by atoms with E-state index in [1.54, 1.807) is 6.07 Å². The normalized spacial score (nSPS) is 23.8. The molecule has 1 aromatic rings. The van der Waals surface area contributed by atoms with Crippen LogP contribution in [0, 0.1) is 5.82 Å². The van der Waals surface area contributed by atoms with Crippen LogP contribution in [-0.4, -0.2) is 25.8 Å². The van der Waals surface area contributed by atoms with Crippen molar-refractivity contribution in [1.29, 1.82) is 0 Å². The summed E-state index contributed by atoms with van der Waals surface area (Å²) in [7, 11) is -3.27. The zero-order valence-electron chi connectivity index (χ0n) is 9.02. The highest BCUT2D eigenvalue weighted by atomic mass is 32.2. The van der Waals surface area contributed by atoms with Crippen molar-refractivity contribution in [3.8, 4) is 0 Å². The van der Waals surface area contributed by atoms with E-state index in [-0.39, 0.29) is 23.8 Å². The Bertz CT molecular complexity index is 541. The Labute approximate surface area is 98.8 Å². The van der Waals surface area contributed by atoms with Gasteiger partial charge < -0.3 is 5.32 Å². The molecule has 0 aliphatic carbocycles. The second-order valence-corrected chi connectivity index (χ2v) is 6.27. The van der Waals surface area contributed by atoms with Crippen LogP contribution in [-0.2, 0) is 14.6 Å². The minimum atomic E-state index is -3.27. The van der Waals surface area contributed by atoms with Gasteiger partial charge >= 0.3 is 0 Å². The van der Waals surface area contributed by atoms with Crippen molar-refractivity contribution in [2.45, 2.75) is 12.5 Å². The van der Waals surface area contributed by atoms with Gasteiger partial charge in [0.05, 0.1) is 17.5 Å². The molecule has 6 heteroatoms. The van der Waals surface area contributed by atoms with E-state index in [0.717, 1.165) is 0 Å². The Morgan fingerprint density at radius 3 is 2.82 bits per heavy atom. The lowest BCUT2D eigenvalue weighted by atomic mass is 10.1. The molecule has 4 nitrogen and oxygen atoms in total. The molecule has 1 unspecified atom stereocenters. The molecule has 0 saturated carbocycles. The van der Waals surface area contributed by atoms with Crippen molar-refractivity contribution in [2.24, 2.45) is 0 Å². The molecular formula is C11H12FNO3S. The van der Waals surface area contributed by atoms with Crippen LogP contribution in [0.2, 0.25) is 0 Å². The molecule has 0 spiro atoms. The number of rotatable bonds is 1. The number of halogens is 1. The molecule has 1 saturated heterocycles. The minimum Gasteiger partial charge on any atom is -0.348 e. The topological polar surface area (TPSA) is 63.2 Å². The van der Waals surface area contributed by atoms with E-state index in [4.69, 9.17) is 0 Å². The maximum Gasteiger partial charge on any atom is 0.221 e. The van der Waals surface area contributed by atoms with Gasteiger partial charge in [0.15, 0.2) is 9.84 Å². The number of sulfone groups is 1. The molecule has 1 amide bonds. The van der Waals surface area contributed by atoms with Gasteiger partial charge in [0.25, 0.3) is 0 Å². The van der Waals surface area contributed by atoms with Crippen LogP contribution >= 0.6 is 0 Å². The fraction of sp³-hybridized carbons (Fsp3) is 0.364. The first kappa shape index (κ1) is 12.0. The van der Waals surface area contributed by atoms with E-state index < -0.39 is 21.7 Å². The van der Waals surface area contributed by atoms with Gasteiger partial charge in [-0.15, -0.1) is 0 Å². The van der Waals surface area contributed by atoms with E-state index in [1.807, 2.05) is 0 Å². The molecule has 1 aliphatic heterocycles. The fourth-order valence-corrected chi connectivity index (χ4v) is 3.24. The van der Waals surface area contributed by atoms with Gasteiger partial charge in [0.1, 0.15) is 5.82 Å². The second kappa shape index (κ2) is 4.44. The molecule has 17 heavy (non-hydrogen) atoms. The predicted molar refractivity (Wildman–Crippen MR) is 60.6 cm³/mol. The zero-order chi connectivity index (χ0) is 12.5. The Kier molecular flexibility index (Phi) is 3.15. The summed E-state index contributed by atoms with van der Waals surface area (Å²) in [5, 5.41) is 2.59. The van der Waals surface area contributed by atoms with Gasteiger partial charge in [-0.2, -0.15) is 0 Å². The average Bonchev–Trinajstić information content (AvgIpc) is 2.38. The molecular weight excluding hydrogens is 245 g/mol. The van der Waals surface area contributed by atoms with Crippen molar-refractivity contribution in [2.75, 3.05) is 11.5 Å². The first-order chi connectivity index (χ1) is 7.96. The lowest BCUT2D eigenvalue weighted by molar-refractivity contribution is -0.121. The summed E-state index contributed by atoms with van der Waals surface area (Å²) < 4.78 is 36.2. The van der Waals surface area contributed by atoms with Crippen LogP contribution in [0.5, 0.6) is 0 Å². The largest absolute Gasteiger partial charge is 0.348 e. The smallest absolute Gasteiger partial charge is 0.221 e. The third-order valence-corrected chi connectivity index (χ3v) is 4.31. The third kappa shape index (κ3) is 3.03. The van der Waals surface area contributed by atoms with E-state index >= 15 is 0 Å².